The summed E-state index contributed by atoms with van der Waals surface area (Å²) in [4.78, 5) is 19.8. The van der Waals surface area contributed by atoms with Gasteiger partial charge in [-0.1, -0.05) is 55.8 Å². The first kappa shape index (κ1) is 18.2. The molecule has 0 aromatic heterocycles. The van der Waals surface area contributed by atoms with E-state index in [2.05, 4.69) is 58.0 Å². The molecular weight excluding hydrogens is 310 g/mol. The van der Waals surface area contributed by atoms with E-state index in [1.54, 1.807) is 0 Å². The Hall–Kier alpha value is -1.65. The first-order valence-electron chi connectivity index (χ1n) is 9.74. The molecule has 0 aliphatic carbocycles. The molecule has 1 atom stereocenters. The SMILES string of the molecule is CCN1CCCC[C@@H]1C(=O)N1CCN(C/C=C/c2ccccc2)CC1. The summed E-state index contributed by atoms with van der Waals surface area (Å²) >= 11 is 0. The van der Waals surface area contributed by atoms with Gasteiger partial charge in [0.05, 0.1) is 6.04 Å². The molecule has 3 rings (SSSR count). The van der Waals surface area contributed by atoms with E-state index in [-0.39, 0.29) is 6.04 Å². The molecule has 25 heavy (non-hydrogen) atoms. The van der Waals surface area contributed by atoms with Gasteiger partial charge in [0, 0.05) is 32.7 Å². The van der Waals surface area contributed by atoms with Crippen molar-refractivity contribution in [1.29, 1.82) is 0 Å². The van der Waals surface area contributed by atoms with Crippen LogP contribution < -0.4 is 0 Å². The zero-order valence-electron chi connectivity index (χ0n) is 15.4. The van der Waals surface area contributed by atoms with Gasteiger partial charge in [0.15, 0.2) is 0 Å². The standard InChI is InChI=1S/C21H31N3O/c1-2-23-14-7-6-12-20(23)21(25)24-17-15-22(16-18-24)13-8-11-19-9-4-3-5-10-19/h3-5,8-11,20H,2,6-7,12-18H2,1H3/b11-8+/t20-/m1/s1. The molecular formula is C21H31N3O. The summed E-state index contributed by atoms with van der Waals surface area (Å²) in [6, 6.07) is 10.5. The number of carbonyl (C=O) groups is 1. The van der Waals surface area contributed by atoms with Crippen LogP contribution in [0.2, 0.25) is 0 Å². The number of nitrogens with zero attached hydrogens (tertiary/aromatic N) is 3. The molecule has 1 aromatic rings. The Labute approximate surface area is 152 Å². The van der Waals surface area contributed by atoms with Gasteiger partial charge >= 0.3 is 0 Å². The summed E-state index contributed by atoms with van der Waals surface area (Å²) in [5, 5.41) is 0. The molecule has 0 spiro atoms. The van der Waals surface area contributed by atoms with E-state index in [9.17, 15) is 4.79 Å². The molecule has 1 amide bonds. The molecule has 2 fully saturated rings. The number of rotatable bonds is 5. The van der Waals surface area contributed by atoms with Gasteiger partial charge in [-0.15, -0.1) is 0 Å². The Morgan fingerprint density at radius 2 is 1.84 bits per heavy atom. The average Bonchev–Trinajstić information content (AvgIpc) is 2.69. The van der Waals surface area contributed by atoms with Crippen molar-refractivity contribution in [3.8, 4) is 0 Å². The van der Waals surface area contributed by atoms with Crippen LogP contribution in [0.5, 0.6) is 0 Å². The second-order valence-corrected chi connectivity index (χ2v) is 7.08. The summed E-state index contributed by atoms with van der Waals surface area (Å²) in [5.74, 6) is 0.362. The highest BCUT2D eigenvalue weighted by molar-refractivity contribution is 5.82. The number of amides is 1. The highest BCUT2D eigenvalue weighted by Gasteiger charge is 2.32. The summed E-state index contributed by atoms with van der Waals surface area (Å²) < 4.78 is 0. The summed E-state index contributed by atoms with van der Waals surface area (Å²) in [5.41, 5.74) is 1.24. The predicted octanol–water partition coefficient (Wildman–Crippen LogP) is 2.72. The van der Waals surface area contributed by atoms with E-state index < -0.39 is 0 Å². The van der Waals surface area contributed by atoms with E-state index in [4.69, 9.17) is 0 Å². The fraction of sp³-hybridized carbons (Fsp3) is 0.571. The third-order valence-corrected chi connectivity index (χ3v) is 5.46. The lowest BCUT2D eigenvalue weighted by molar-refractivity contribution is -0.139. The normalized spacial score (nSPS) is 23.2. The third-order valence-electron chi connectivity index (χ3n) is 5.46. The molecule has 0 saturated carbocycles. The maximum atomic E-state index is 12.9. The van der Waals surface area contributed by atoms with Crippen molar-refractivity contribution >= 4 is 12.0 Å². The molecule has 4 heteroatoms. The highest BCUT2D eigenvalue weighted by Crippen LogP contribution is 2.19. The van der Waals surface area contributed by atoms with E-state index in [1.165, 1.54) is 18.4 Å². The Morgan fingerprint density at radius 3 is 2.56 bits per heavy atom. The first-order valence-corrected chi connectivity index (χ1v) is 9.74. The molecule has 4 nitrogen and oxygen atoms in total. The van der Waals surface area contributed by atoms with Crippen LogP contribution >= 0.6 is 0 Å². The van der Waals surface area contributed by atoms with Crippen LogP contribution in [-0.4, -0.2) is 72.5 Å². The second kappa shape index (κ2) is 9.16. The maximum Gasteiger partial charge on any atom is 0.240 e. The van der Waals surface area contributed by atoms with Crippen molar-refractivity contribution in [3.63, 3.8) is 0 Å². The minimum atomic E-state index is 0.128. The summed E-state index contributed by atoms with van der Waals surface area (Å²) in [7, 11) is 0. The van der Waals surface area contributed by atoms with E-state index >= 15 is 0 Å². The second-order valence-electron chi connectivity index (χ2n) is 7.08. The number of likely N-dealkylation sites (N-methyl/N-ethyl adjacent to an activating group) is 1. The molecule has 0 bridgehead atoms. The monoisotopic (exact) mass is 341 g/mol. The van der Waals surface area contributed by atoms with Crippen LogP contribution in [0, 0.1) is 0 Å². The van der Waals surface area contributed by atoms with E-state index in [0.29, 0.717) is 5.91 Å². The van der Waals surface area contributed by atoms with Crippen LogP contribution in [0.1, 0.15) is 31.7 Å². The number of piperazine rings is 1. The number of hydrogen-bond donors (Lipinski definition) is 0. The van der Waals surface area contributed by atoms with Crippen molar-refractivity contribution in [2.45, 2.75) is 32.2 Å². The fourth-order valence-electron chi connectivity index (χ4n) is 3.91. The largest absolute Gasteiger partial charge is 0.339 e. The zero-order chi connectivity index (χ0) is 17.5. The average molecular weight is 341 g/mol. The summed E-state index contributed by atoms with van der Waals surface area (Å²) in [6.07, 6.45) is 7.87. The fourth-order valence-corrected chi connectivity index (χ4v) is 3.91. The van der Waals surface area contributed by atoms with Crippen LogP contribution in [0.15, 0.2) is 36.4 Å². The summed E-state index contributed by atoms with van der Waals surface area (Å²) in [6.45, 7) is 8.88. The third kappa shape index (κ3) is 4.93. The molecule has 0 unspecified atom stereocenters. The quantitative estimate of drug-likeness (QED) is 0.824. The van der Waals surface area contributed by atoms with E-state index in [0.717, 1.165) is 52.2 Å². The number of benzene rings is 1. The van der Waals surface area contributed by atoms with Crippen molar-refractivity contribution < 1.29 is 4.79 Å². The van der Waals surface area contributed by atoms with E-state index in [1.807, 2.05) is 6.07 Å². The molecule has 2 aliphatic heterocycles. The van der Waals surface area contributed by atoms with Gasteiger partial charge in [-0.2, -0.15) is 0 Å². The van der Waals surface area contributed by atoms with Gasteiger partial charge < -0.3 is 4.90 Å². The van der Waals surface area contributed by atoms with Gasteiger partial charge in [-0.05, 0) is 31.5 Å². The Bertz CT molecular complexity index is 564. The lowest BCUT2D eigenvalue weighted by Crippen LogP contribution is -2.55. The molecule has 0 radical (unpaired) electrons. The number of piperidine rings is 1. The number of likely N-dealkylation sites (tertiary alicyclic amines) is 1. The van der Waals surface area contributed by atoms with Gasteiger partial charge in [-0.25, -0.2) is 0 Å². The molecule has 2 saturated heterocycles. The highest BCUT2D eigenvalue weighted by atomic mass is 16.2. The first-order chi connectivity index (χ1) is 12.3. The minimum absolute atomic E-state index is 0.128. The van der Waals surface area contributed by atoms with Crippen LogP contribution in [0.3, 0.4) is 0 Å². The van der Waals surface area contributed by atoms with Crippen molar-refractivity contribution in [2.75, 3.05) is 45.8 Å². The molecule has 0 N–H and O–H groups in total. The maximum absolute atomic E-state index is 12.9. The van der Waals surface area contributed by atoms with Gasteiger partial charge in [0.2, 0.25) is 5.91 Å². The van der Waals surface area contributed by atoms with Gasteiger partial charge in [0.1, 0.15) is 0 Å². The van der Waals surface area contributed by atoms with Crippen molar-refractivity contribution in [3.05, 3.63) is 42.0 Å². The lowest BCUT2D eigenvalue weighted by atomic mass is 10.0. The molecule has 136 valence electrons. The van der Waals surface area contributed by atoms with Crippen molar-refractivity contribution in [2.24, 2.45) is 0 Å². The van der Waals surface area contributed by atoms with Gasteiger partial charge in [0.25, 0.3) is 0 Å². The predicted molar refractivity (Wildman–Crippen MR) is 103 cm³/mol. The van der Waals surface area contributed by atoms with Gasteiger partial charge in [-0.3, -0.25) is 14.6 Å². The minimum Gasteiger partial charge on any atom is -0.339 e. The number of hydrogen-bond acceptors (Lipinski definition) is 3. The van der Waals surface area contributed by atoms with Crippen molar-refractivity contribution in [1.82, 2.24) is 14.7 Å². The molecule has 2 heterocycles. The van der Waals surface area contributed by atoms with Crippen LogP contribution in [0.25, 0.3) is 6.08 Å². The van der Waals surface area contributed by atoms with Crippen LogP contribution in [0.4, 0.5) is 0 Å². The smallest absolute Gasteiger partial charge is 0.240 e. The zero-order valence-corrected chi connectivity index (χ0v) is 15.4. The van der Waals surface area contributed by atoms with Crippen LogP contribution in [-0.2, 0) is 4.79 Å². The topological polar surface area (TPSA) is 26.8 Å². The molecule has 2 aliphatic rings. The Balaban J connectivity index is 1.45. The lowest BCUT2D eigenvalue weighted by Gasteiger charge is -2.40. The Kier molecular flexibility index (Phi) is 6.65. The molecule has 1 aromatic carbocycles. The Morgan fingerprint density at radius 1 is 1.08 bits per heavy atom. The number of carbonyl (C=O) groups excluding carboxylic acids is 1.